The Hall–Kier alpha value is -2.12. The van der Waals surface area contributed by atoms with Crippen LogP contribution >= 0.6 is 0 Å². The van der Waals surface area contributed by atoms with Crippen molar-refractivity contribution < 1.29 is 31.8 Å². The highest BCUT2D eigenvalue weighted by Gasteiger charge is 2.44. The molecule has 3 nitrogen and oxygen atoms in total. The third kappa shape index (κ3) is 7.84. The second kappa shape index (κ2) is 13.9. The molecule has 226 valence electrons. The summed E-state index contributed by atoms with van der Waals surface area (Å²) in [5.74, 6) is -0.594. The van der Waals surface area contributed by atoms with E-state index in [9.17, 15) is 13.2 Å². The smallest absolute Gasteiger partial charge is 0.400 e. The third-order valence-electron chi connectivity index (χ3n) is 9.57. The fourth-order valence-electron chi connectivity index (χ4n) is 7.02. The summed E-state index contributed by atoms with van der Waals surface area (Å²) in [5, 5.41) is 0. The van der Waals surface area contributed by atoms with Gasteiger partial charge in [0.2, 0.25) is 0 Å². The minimum Gasteiger partial charge on any atom is -0.432 e. The van der Waals surface area contributed by atoms with E-state index in [1.165, 1.54) is 37.8 Å². The van der Waals surface area contributed by atoms with Crippen LogP contribution in [0.5, 0.6) is 5.75 Å². The first kappa shape index (κ1) is 30.3. The van der Waals surface area contributed by atoms with Crippen LogP contribution in [0.2, 0.25) is 0 Å². The zero-order valence-corrected chi connectivity index (χ0v) is 24.1. The van der Waals surface area contributed by atoms with Gasteiger partial charge in [-0.05, 0) is 111 Å². The van der Waals surface area contributed by atoms with Crippen molar-refractivity contribution in [2.45, 2.75) is 108 Å². The van der Waals surface area contributed by atoms with Crippen molar-refractivity contribution in [3.05, 3.63) is 65.2 Å². The second-order valence-electron chi connectivity index (χ2n) is 12.5. The maximum atomic E-state index is 15.3. The minimum absolute atomic E-state index is 0.0561. The molecule has 41 heavy (non-hydrogen) atoms. The summed E-state index contributed by atoms with van der Waals surface area (Å²) >= 11 is 0. The lowest BCUT2D eigenvalue weighted by Gasteiger charge is -2.38. The van der Waals surface area contributed by atoms with Crippen LogP contribution in [0, 0.1) is 29.4 Å². The fourth-order valence-corrected chi connectivity index (χ4v) is 7.02. The lowest BCUT2D eigenvalue weighted by Crippen LogP contribution is -2.38. The number of benzene rings is 2. The summed E-state index contributed by atoms with van der Waals surface area (Å²) in [7, 11) is 0. The van der Waals surface area contributed by atoms with E-state index in [1.807, 2.05) is 12.1 Å². The molecule has 2 aromatic carbocycles. The molecule has 1 heterocycles. The summed E-state index contributed by atoms with van der Waals surface area (Å²) in [6, 6.07) is 10.2. The van der Waals surface area contributed by atoms with Crippen molar-refractivity contribution in [3.63, 3.8) is 0 Å². The van der Waals surface area contributed by atoms with Gasteiger partial charge in [0, 0.05) is 11.8 Å². The predicted octanol–water partition coefficient (Wildman–Crippen LogP) is 9.75. The van der Waals surface area contributed by atoms with Crippen LogP contribution in [0.25, 0.3) is 0 Å². The number of halogens is 4. The lowest BCUT2D eigenvalue weighted by molar-refractivity contribution is -0.229. The maximum absolute atomic E-state index is 15.3. The zero-order valence-electron chi connectivity index (χ0n) is 24.1. The van der Waals surface area contributed by atoms with Gasteiger partial charge in [-0.25, -0.2) is 8.78 Å². The van der Waals surface area contributed by atoms with Crippen LogP contribution in [-0.2, 0) is 9.47 Å². The quantitative estimate of drug-likeness (QED) is 0.208. The first-order valence-electron chi connectivity index (χ1n) is 15.7. The summed E-state index contributed by atoms with van der Waals surface area (Å²) in [6.45, 7) is 3.81. The van der Waals surface area contributed by atoms with E-state index >= 15 is 4.39 Å². The largest absolute Gasteiger partial charge is 0.432 e. The van der Waals surface area contributed by atoms with Crippen LogP contribution in [0.3, 0.4) is 0 Å². The van der Waals surface area contributed by atoms with Crippen molar-refractivity contribution in [3.8, 4) is 5.75 Å². The number of ether oxygens (including phenoxy) is 3. The molecule has 3 fully saturated rings. The first-order chi connectivity index (χ1) is 19.8. The molecule has 0 N–H and O–H groups in total. The summed E-state index contributed by atoms with van der Waals surface area (Å²) in [6.07, 6.45) is 6.89. The van der Waals surface area contributed by atoms with E-state index in [0.29, 0.717) is 36.2 Å². The maximum Gasteiger partial charge on any atom is 0.400 e. The summed E-state index contributed by atoms with van der Waals surface area (Å²) in [4.78, 5) is 0. The molecule has 0 amide bonds. The predicted molar refractivity (Wildman–Crippen MR) is 151 cm³/mol. The van der Waals surface area contributed by atoms with Crippen LogP contribution in [-0.4, -0.2) is 25.6 Å². The zero-order chi connectivity index (χ0) is 28.8. The standard InChI is InChI=1S/C34H44F4O3/c1-2-3-4-5-23-21-39-33(40-22-23)26-8-6-24(7-9-26)27-12-19-31(32(36)20-27)25-10-13-28(14-11-25)34(37,38)41-30-17-15-29(35)16-18-30/h12,15-20,23-26,28,33H,2-11,13-14,21-22H2,1H3. The highest BCUT2D eigenvalue weighted by molar-refractivity contribution is 5.30. The van der Waals surface area contributed by atoms with Crippen LogP contribution in [0.15, 0.2) is 42.5 Å². The number of alkyl halides is 2. The Balaban J connectivity index is 1.08. The molecule has 0 aromatic heterocycles. The number of hydrogen-bond acceptors (Lipinski definition) is 3. The molecular weight excluding hydrogens is 532 g/mol. The van der Waals surface area contributed by atoms with Gasteiger partial charge in [0.05, 0.1) is 19.1 Å². The Morgan fingerprint density at radius 3 is 2.10 bits per heavy atom. The van der Waals surface area contributed by atoms with Gasteiger partial charge in [0.15, 0.2) is 6.29 Å². The van der Waals surface area contributed by atoms with E-state index in [4.69, 9.17) is 14.2 Å². The SMILES string of the molecule is CCCCCC1COC(C2CCC(c3ccc(C4CCC(C(F)(F)Oc5ccc(F)cc5)CC4)c(F)c3)CC2)OC1. The molecule has 2 saturated carbocycles. The first-order valence-corrected chi connectivity index (χ1v) is 15.7. The van der Waals surface area contributed by atoms with Crippen LogP contribution < -0.4 is 4.74 Å². The Morgan fingerprint density at radius 2 is 1.46 bits per heavy atom. The number of unbranched alkanes of at least 4 members (excludes halogenated alkanes) is 2. The third-order valence-corrected chi connectivity index (χ3v) is 9.57. The van der Waals surface area contributed by atoms with Gasteiger partial charge in [-0.3, -0.25) is 0 Å². The van der Waals surface area contributed by atoms with Crippen molar-refractivity contribution >= 4 is 0 Å². The van der Waals surface area contributed by atoms with Gasteiger partial charge in [0.1, 0.15) is 17.4 Å². The highest BCUT2D eigenvalue weighted by atomic mass is 19.3. The summed E-state index contributed by atoms with van der Waals surface area (Å²) in [5.41, 5.74) is 1.65. The van der Waals surface area contributed by atoms with Gasteiger partial charge in [-0.1, -0.05) is 38.3 Å². The fraction of sp³-hybridized carbons (Fsp3) is 0.647. The monoisotopic (exact) mass is 576 g/mol. The average molecular weight is 577 g/mol. The molecule has 0 radical (unpaired) electrons. The highest BCUT2D eigenvalue weighted by Crippen LogP contribution is 2.45. The van der Waals surface area contributed by atoms with Crippen molar-refractivity contribution in [2.24, 2.45) is 17.8 Å². The molecule has 0 bridgehead atoms. The van der Waals surface area contributed by atoms with Gasteiger partial charge in [-0.2, -0.15) is 8.78 Å². The molecule has 0 spiro atoms. The van der Waals surface area contributed by atoms with E-state index in [0.717, 1.165) is 56.6 Å². The molecular formula is C34H44F4O3. The summed E-state index contributed by atoms with van der Waals surface area (Å²) < 4.78 is 75.1. The molecule has 2 aromatic rings. The normalized spacial score (nSPS) is 29.3. The topological polar surface area (TPSA) is 27.7 Å². The molecule has 2 aliphatic carbocycles. The van der Waals surface area contributed by atoms with Crippen molar-refractivity contribution in [1.82, 2.24) is 0 Å². The Kier molecular flexibility index (Phi) is 10.3. The molecule has 3 aliphatic rings. The number of rotatable bonds is 10. The Morgan fingerprint density at radius 1 is 0.805 bits per heavy atom. The van der Waals surface area contributed by atoms with E-state index in [2.05, 4.69) is 6.92 Å². The van der Waals surface area contributed by atoms with Crippen LogP contribution in [0.4, 0.5) is 17.6 Å². The van der Waals surface area contributed by atoms with Crippen LogP contribution in [0.1, 0.15) is 107 Å². The minimum atomic E-state index is -3.35. The van der Waals surface area contributed by atoms with E-state index in [1.54, 1.807) is 6.07 Å². The van der Waals surface area contributed by atoms with Gasteiger partial charge < -0.3 is 14.2 Å². The molecule has 7 heteroatoms. The van der Waals surface area contributed by atoms with Gasteiger partial charge in [-0.15, -0.1) is 0 Å². The average Bonchev–Trinajstić information content (AvgIpc) is 2.99. The molecule has 1 saturated heterocycles. The second-order valence-corrected chi connectivity index (χ2v) is 12.5. The molecule has 5 rings (SSSR count). The Labute approximate surface area is 242 Å². The molecule has 0 atom stereocenters. The molecule has 1 aliphatic heterocycles. The van der Waals surface area contributed by atoms with Crippen molar-refractivity contribution in [2.75, 3.05) is 13.2 Å². The van der Waals surface area contributed by atoms with Crippen molar-refractivity contribution in [1.29, 1.82) is 0 Å². The number of hydrogen-bond donors (Lipinski definition) is 0. The lowest BCUT2D eigenvalue weighted by atomic mass is 9.76. The molecule has 0 unspecified atom stereocenters. The van der Waals surface area contributed by atoms with Gasteiger partial charge in [0.25, 0.3) is 0 Å². The van der Waals surface area contributed by atoms with E-state index < -0.39 is 17.8 Å². The van der Waals surface area contributed by atoms with E-state index in [-0.39, 0.29) is 36.6 Å². The Bertz CT molecular complexity index is 1080. The van der Waals surface area contributed by atoms with Gasteiger partial charge >= 0.3 is 6.11 Å².